The van der Waals surface area contributed by atoms with Crippen molar-refractivity contribution < 1.29 is 13.2 Å². The van der Waals surface area contributed by atoms with Gasteiger partial charge in [-0.05, 0) is 36.1 Å². The lowest BCUT2D eigenvalue weighted by Gasteiger charge is -2.24. The topological polar surface area (TPSA) is 43.4 Å². The van der Waals surface area contributed by atoms with Crippen molar-refractivity contribution in [2.75, 3.05) is 12.4 Å². The highest BCUT2D eigenvalue weighted by Crippen LogP contribution is 2.32. The van der Waals surface area contributed by atoms with Gasteiger partial charge in [-0.15, -0.1) is 0 Å². The lowest BCUT2D eigenvalue weighted by atomic mass is 9.97. The quantitative estimate of drug-likeness (QED) is 0.694. The third-order valence-electron chi connectivity index (χ3n) is 3.10. The summed E-state index contributed by atoms with van der Waals surface area (Å²) in [6.45, 7) is 9.91. The number of hydrogen-bond donors (Lipinski definition) is 0. The number of aryl methyl sites for hydroxylation is 1. The van der Waals surface area contributed by atoms with Crippen LogP contribution in [0.25, 0.3) is 0 Å². The molecule has 0 aliphatic heterocycles. The number of ether oxygens (including phenoxy) is 1. The van der Waals surface area contributed by atoms with Crippen LogP contribution in [-0.4, -0.2) is 20.8 Å². The van der Waals surface area contributed by atoms with Crippen LogP contribution in [-0.2, 0) is 9.05 Å². The summed E-state index contributed by atoms with van der Waals surface area (Å²) in [5.74, 6) is 0.880. The fourth-order valence-corrected chi connectivity index (χ4v) is 4.39. The van der Waals surface area contributed by atoms with Crippen molar-refractivity contribution in [1.29, 1.82) is 0 Å². The Morgan fingerprint density at radius 3 is 2.33 bits per heavy atom. The van der Waals surface area contributed by atoms with Crippen LogP contribution in [0.3, 0.4) is 0 Å². The minimum absolute atomic E-state index is 0.134. The molecular formula is C15H22Cl2O3S. The van der Waals surface area contributed by atoms with Gasteiger partial charge in [-0.2, -0.15) is 0 Å². The predicted molar refractivity (Wildman–Crippen MR) is 89.2 cm³/mol. The molecule has 0 saturated heterocycles. The van der Waals surface area contributed by atoms with Crippen LogP contribution < -0.4 is 4.74 Å². The molecule has 0 aromatic heterocycles. The maximum absolute atomic E-state index is 11.2. The van der Waals surface area contributed by atoms with E-state index < -0.39 is 14.5 Å². The Hall–Kier alpha value is -0.450. The molecule has 3 nitrogen and oxygen atoms in total. The van der Waals surface area contributed by atoms with Crippen LogP contribution in [0.5, 0.6) is 5.75 Å². The number of halogens is 2. The molecule has 0 atom stereocenters. The molecule has 0 unspecified atom stereocenters. The molecule has 0 amide bonds. The Balaban J connectivity index is 2.91. The largest absolute Gasteiger partial charge is 0.493 e. The van der Waals surface area contributed by atoms with E-state index in [0.29, 0.717) is 0 Å². The van der Waals surface area contributed by atoms with E-state index in [1.54, 1.807) is 0 Å². The van der Waals surface area contributed by atoms with Gasteiger partial charge in [0.15, 0.2) is 0 Å². The van der Waals surface area contributed by atoms with Crippen molar-refractivity contribution in [2.45, 2.75) is 40.5 Å². The Bertz CT molecular complexity index is 608. The van der Waals surface area contributed by atoms with E-state index in [1.165, 1.54) is 0 Å². The summed E-state index contributed by atoms with van der Waals surface area (Å²) in [5.41, 5.74) is 1.37. The molecule has 21 heavy (non-hydrogen) atoms. The van der Waals surface area contributed by atoms with E-state index >= 15 is 0 Å². The molecular weight excluding hydrogens is 331 g/mol. The summed E-state index contributed by atoms with van der Waals surface area (Å²) in [5, 5.41) is 0.720. The van der Waals surface area contributed by atoms with Crippen LogP contribution in [0.1, 0.15) is 44.7 Å². The highest BCUT2D eigenvalue weighted by Gasteiger charge is 2.26. The Labute approximate surface area is 137 Å². The van der Waals surface area contributed by atoms with Crippen LogP contribution >= 0.6 is 22.3 Å². The van der Waals surface area contributed by atoms with Gasteiger partial charge in [0.05, 0.1) is 12.4 Å². The van der Waals surface area contributed by atoms with Crippen molar-refractivity contribution in [2.24, 2.45) is 5.41 Å². The van der Waals surface area contributed by atoms with Gasteiger partial charge in [0, 0.05) is 21.1 Å². The third kappa shape index (κ3) is 6.05. The van der Waals surface area contributed by atoms with E-state index in [-0.39, 0.29) is 18.3 Å². The van der Waals surface area contributed by atoms with E-state index in [2.05, 4.69) is 13.8 Å². The molecule has 0 saturated carbocycles. The molecule has 0 aliphatic rings. The van der Waals surface area contributed by atoms with Gasteiger partial charge in [-0.3, -0.25) is 0 Å². The molecule has 6 heteroatoms. The smallest absolute Gasteiger partial charge is 0.233 e. The minimum atomic E-state index is -3.55. The molecule has 1 aromatic carbocycles. The highest BCUT2D eigenvalue weighted by atomic mass is 35.7. The lowest BCUT2D eigenvalue weighted by Crippen LogP contribution is -2.28. The van der Waals surface area contributed by atoms with Crippen molar-refractivity contribution in [1.82, 2.24) is 0 Å². The van der Waals surface area contributed by atoms with Gasteiger partial charge in [0.25, 0.3) is 0 Å². The molecule has 120 valence electrons. The van der Waals surface area contributed by atoms with E-state index in [4.69, 9.17) is 27.0 Å². The van der Waals surface area contributed by atoms with Crippen LogP contribution in [0.15, 0.2) is 12.1 Å². The summed E-state index contributed by atoms with van der Waals surface area (Å²) < 4.78 is 28.2. The molecule has 0 spiro atoms. The summed E-state index contributed by atoms with van der Waals surface area (Å²) >= 11 is 6.22. The average Bonchev–Trinajstić information content (AvgIpc) is 2.23. The highest BCUT2D eigenvalue weighted by molar-refractivity contribution is 8.13. The van der Waals surface area contributed by atoms with E-state index in [9.17, 15) is 8.42 Å². The van der Waals surface area contributed by atoms with Gasteiger partial charge in [-0.25, -0.2) is 8.42 Å². The normalized spacial score (nSPS) is 12.8. The zero-order chi connectivity index (χ0) is 16.4. The van der Waals surface area contributed by atoms with Gasteiger partial charge in [-0.1, -0.05) is 39.3 Å². The monoisotopic (exact) mass is 352 g/mol. The first-order valence-corrected chi connectivity index (χ1v) is 9.62. The number of hydrogen-bond acceptors (Lipinski definition) is 3. The Morgan fingerprint density at radius 2 is 1.86 bits per heavy atom. The number of rotatable bonds is 6. The second kappa shape index (κ2) is 6.76. The molecule has 0 aliphatic carbocycles. The van der Waals surface area contributed by atoms with Gasteiger partial charge in [0.2, 0.25) is 9.05 Å². The molecule has 1 aromatic rings. The van der Waals surface area contributed by atoms with E-state index in [0.717, 1.165) is 21.9 Å². The zero-order valence-electron chi connectivity index (χ0n) is 13.0. The zero-order valence-corrected chi connectivity index (χ0v) is 15.4. The molecule has 1 rings (SSSR count). The van der Waals surface area contributed by atoms with Crippen LogP contribution in [0, 0.1) is 12.3 Å². The summed E-state index contributed by atoms with van der Waals surface area (Å²) in [4.78, 5) is 0. The average molecular weight is 353 g/mol. The summed E-state index contributed by atoms with van der Waals surface area (Å²) in [6, 6.07) is 3.80. The molecule has 0 fully saturated rings. The van der Waals surface area contributed by atoms with Crippen molar-refractivity contribution in [3.63, 3.8) is 0 Å². The fourth-order valence-electron chi connectivity index (χ4n) is 2.05. The predicted octanol–water partition coefficient (Wildman–Crippen LogP) is 4.75. The molecule has 0 radical (unpaired) electrons. The van der Waals surface area contributed by atoms with E-state index in [1.807, 2.05) is 32.9 Å². The Morgan fingerprint density at radius 1 is 1.29 bits per heavy atom. The summed E-state index contributed by atoms with van der Waals surface area (Å²) in [7, 11) is 1.76. The Kier molecular flexibility index (Phi) is 5.99. The first kappa shape index (κ1) is 18.6. The first-order chi connectivity index (χ1) is 9.41. The van der Waals surface area contributed by atoms with Gasteiger partial charge >= 0.3 is 0 Å². The van der Waals surface area contributed by atoms with Gasteiger partial charge in [0.1, 0.15) is 5.75 Å². The lowest BCUT2D eigenvalue weighted by molar-refractivity contribution is 0.199. The fraction of sp³-hybridized carbons (Fsp3) is 0.600. The maximum atomic E-state index is 11.2. The van der Waals surface area contributed by atoms with Crippen molar-refractivity contribution in [3.8, 4) is 5.75 Å². The maximum Gasteiger partial charge on any atom is 0.233 e. The standard InChI is InChI=1S/C15H22Cl2O3S/c1-10(2)12-7-14(11(3)6-13(12)16)20-8-15(4,5)9-21(17,18)19/h6-7,10H,8-9H2,1-5H3. The van der Waals surface area contributed by atoms with Crippen molar-refractivity contribution in [3.05, 3.63) is 28.3 Å². The molecule has 0 N–H and O–H groups in total. The molecule has 0 heterocycles. The second-order valence-electron chi connectivity index (χ2n) is 6.43. The first-order valence-electron chi connectivity index (χ1n) is 6.76. The van der Waals surface area contributed by atoms with Crippen molar-refractivity contribution >= 4 is 31.3 Å². The SMILES string of the molecule is Cc1cc(Cl)c(C(C)C)cc1OCC(C)(C)CS(=O)(=O)Cl. The van der Waals surface area contributed by atoms with Crippen LogP contribution in [0.4, 0.5) is 0 Å². The summed E-state index contributed by atoms with van der Waals surface area (Å²) in [6.07, 6.45) is 0. The molecule has 0 bridgehead atoms. The van der Waals surface area contributed by atoms with Crippen LogP contribution in [0.2, 0.25) is 5.02 Å². The third-order valence-corrected chi connectivity index (χ3v) is 4.88. The number of benzene rings is 1. The van der Waals surface area contributed by atoms with Gasteiger partial charge < -0.3 is 4.74 Å². The second-order valence-corrected chi connectivity index (χ2v) is 9.61. The minimum Gasteiger partial charge on any atom is -0.493 e.